The van der Waals surface area contributed by atoms with E-state index in [0.29, 0.717) is 11.1 Å². The van der Waals surface area contributed by atoms with Crippen molar-refractivity contribution in [3.8, 4) is 0 Å². The van der Waals surface area contributed by atoms with Crippen LogP contribution in [0.2, 0.25) is 0 Å². The molecule has 0 N–H and O–H groups in total. The third-order valence-electron chi connectivity index (χ3n) is 5.88. The lowest BCUT2D eigenvalue weighted by molar-refractivity contribution is -0.145. The van der Waals surface area contributed by atoms with Crippen molar-refractivity contribution in [1.82, 2.24) is 18.7 Å². The van der Waals surface area contributed by atoms with Gasteiger partial charge in [-0.05, 0) is 16.8 Å². The molecule has 0 amide bonds. The molecule has 0 atom stereocenters. The summed E-state index contributed by atoms with van der Waals surface area (Å²) in [6.45, 7) is 0.0409. The lowest BCUT2D eigenvalue weighted by Crippen LogP contribution is -2.37. The molecule has 0 aliphatic carbocycles. The largest absolute Gasteiger partial charge is 0.461 e. The van der Waals surface area contributed by atoms with Crippen LogP contribution in [-0.2, 0) is 36.8 Å². The second kappa shape index (κ2) is 8.14. The maximum absolute atomic E-state index is 12.5. The van der Waals surface area contributed by atoms with Crippen molar-refractivity contribution in [2.24, 2.45) is 14.1 Å². The van der Waals surface area contributed by atoms with E-state index >= 15 is 0 Å². The fraction of sp³-hybridized carbons (Fsp3) is 0.208. The fourth-order valence-electron chi connectivity index (χ4n) is 4.14. The third kappa shape index (κ3) is 3.49. The van der Waals surface area contributed by atoms with E-state index in [-0.39, 0.29) is 30.7 Å². The fourth-order valence-corrected chi connectivity index (χ4v) is 4.14. The number of aromatic nitrogens is 4. The highest BCUT2D eigenvalue weighted by molar-refractivity contribution is 6.07. The summed E-state index contributed by atoms with van der Waals surface area (Å²) in [5, 5.41) is 2.58. The molecular formula is C24H20N4O6. The molecule has 0 saturated carbocycles. The lowest BCUT2D eigenvalue weighted by Gasteiger charge is -2.10. The van der Waals surface area contributed by atoms with Crippen LogP contribution in [-0.4, -0.2) is 24.7 Å². The van der Waals surface area contributed by atoms with Crippen molar-refractivity contribution in [3.05, 3.63) is 85.6 Å². The summed E-state index contributed by atoms with van der Waals surface area (Å²) < 4.78 is 14.6. The summed E-state index contributed by atoms with van der Waals surface area (Å²) in [7, 11) is 2.92. The smallest absolute Gasteiger partial charge is 0.336 e. The summed E-state index contributed by atoms with van der Waals surface area (Å²) in [5.74, 6) is -0.509. The van der Waals surface area contributed by atoms with Crippen molar-refractivity contribution in [2.45, 2.75) is 19.6 Å². The van der Waals surface area contributed by atoms with Gasteiger partial charge in [0.1, 0.15) is 12.2 Å². The number of rotatable bonds is 5. The van der Waals surface area contributed by atoms with Crippen molar-refractivity contribution in [1.29, 1.82) is 0 Å². The second-order valence-electron chi connectivity index (χ2n) is 7.98. The predicted molar refractivity (Wildman–Crippen MR) is 125 cm³/mol. The van der Waals surface area contributed by atoms with Gasteiger partial charge in [-0.1, -0.05) is 30.3 Å². The van der Waals surface area contributed by atoms with E-state index in [2.05, 4.69) is 4.98 Å². The third-order valence-corrected chi connectivity index (χ3v) is 5.88. The molecular weight excluding hydrogens is 440 g/mol. The second-order valence-corrected chi connectivity index (χ2v) is 7.98. The molecule has 0 unspecified atom stereocenters. The van der Waals surface area contributed by atoms with Crippen molar-refractivity contribution >= 4 is 38.9 Å². The number of carbonyl (C=O) groups is 1. The van der Waals surface area contributed by atoms with Crippen molar-refractivity contribution in [2.75, 3.05) is 0 Å². The predicted octanol–water partition coefficient (Wildman–Crippen LogP) is 1.83. The molecule has 5 rings (SSSR count). The highest BCUT2D eigenvalue weighted by atomic mass is 16.5. The molecule has 0 fully saturated rings. The van der Waals surface area contributed by atoms with Crippen LogP contribution in [0, 0.1) is 0 Å². The zero-order valence-corrected chi connectivity index (χ0v) is 18.5. The summed E-state index contributed by atoms with van der Waals surface area (Å²) in [6, 6.07) is 12.6. The number of imidazole rings is 1. The number of fused-ring (bicyclic) bond motifs is 4. The van der Waals surface area contributed by atoms with E-state index < -0.39 is 22.8 Å². The number of hydrogen-bond donors (Lipinski definition) is 0. The summed E-state index contributed by atoms with van der Waals surface area (Å²) >= 11 is 0. The number of benzene rings is 2. The van der Waals surface area contributed by atoms with Gasteiger partial charge in [-0.2, -0.15) is 0 Å². The van der Waals surface area contributed by atoms with Gasteiger partial charge in [0.2, 0.25) is 0 Å². The van der Waals surface area contributed by atoms with E-state index in [9.17, 15) is 19.2 Å². The Hall–Kier alpha value is -4.47. The number of nitrogens with zero attached hydrogens (tertiary/aromatic N) is 4. The minimum atomic E-state index is -0.528. The quantitative estimate of drug-likeness (QED) is 0.223. The average molecular weight is 460 g/mol. The molecule has 5 aromatic rings. The van der Waals surface area contributed by atoms with Crippen LogP contribution in [0.4, 0.5) is 0 Å². The zero-order valence-electron chi connectivity index (χ0n) is 18.5. The van der Waals surface area contributed by atoms with Crippen LogP contribution >= 0.6 is 0 Å². The van der Waals surface area contributed by atoms with Crippen molar-refractivity contribution in [3.63, 3.8) is 0 Å². The van der Waals surface area contributed by atoms with Gasteiger partial charge >= 0.3 is 17.3 Å². The Morgan fingerprint density at radius 3 is 2.68 bits per heavy atom. The molecule has 0 spiro atoms. The Kier molecular flexibility index (Phi) is 5.12. The number of aryl methyl sites for hydroxylation is 2. The summed E-state index contributed by atoms with van der Waals surface area (Å²) in [6.07, 6.45) is 1.39. The van der Waals surface area contributed by atoms with Gasteiger partial charge in [-0.3, -0.25) is 18.7 Å². The van der Waals surface area contributed by atoms with Crippen LogP contribution in [0.25, 0.3) is 32.9 Å². The van der Waals surface area contributed by atoms with Crippen molar-refractivity contribution < 1.29 is 13.9 Å². The molecule has 2 aromatic carbocycles. The Labute approximate surface area is 191 Å². The molecule has 0 saturated heterocycles. The number of esters is 1. The van der Waals surface area contributed by atoms with Gasteiger partial charge in [-0.25, -0.2) is 14.6 Å². The van der Waals surface area contributed by atoms with Crippen LogP contribution < -0.4 is 16.9 Å². The van der Waals surface area contributed by atoms with Gasteiger partial charge in [0.25, 0.3) is 5.56 Å². The van der Waals surface area contributed by atoms with Gasteiger partial charge in [0.15, 0.2) is 11.2 Å². The van der Waals surface area contributed by atoms with E-state index in [0.717, 1.165) is 20.7 Å². The van der Waals surface area contributed by atoms with E-state index in [1.165, 1.54) is 35.6 Å². The molecule has 0 bridgehead atoms. The van der Waals surface area contributed by atoms with Crippen LogP contribution in [0.1, 0.15) is 12.0 Å². The first-order valence-electron chi connectivity index (χ1n) is 10.6. The molecule has 34 heavy (non-hydrogen) atoms. The topological polar surface area (TPSA) is 118 Å². The average Bonchev–Trinajstić information content (AvgIpc) is 3.27. The maximum Gasteiger partial charge on any atom is 0.336 e. The normalized spacial score (nSPS) is 11.5. The summed E-state index contributed by atoms with van der Waals surface area (Å²) in [5.41, 5.74) is -0.0453. The lowest BCUT2D eigenvalue weighted by atomic mass is 10.0. The highest BCUT2D eigenvalue weighted by Crippen LogP contribution is 2.27. The first-order chi connectivity index (χ1) is 16.3. The van der Waals surface area contributed by atoms with Gasteiger partial charge < -0.3 is 13.7 Å². The molecule has 0 aliphatic heterocycles. The molecule has 10 nitrogen and oxygen atoms in total. The molecule has 0 radical (unpaired) electrons. The Balaban J connectivity index is 1.38. The van der Waals surface area contributed by atoms with E-state index in [1.54, 1.807) is 6.07 Å². The Morgan fingerprint density at radius 2 is 1.85 bits per heavy atom. The summed E-state index contributed by atoms with van der Waals surface area (Å²) in [4.78, 5) is 53.3. The zero-order chi connectivity index (χ0) is 24.0. The van der Waals surface area contributed by atoms with Crippen LogP contribution in [0.3, 0.4) is 0 Å². The minimum Gasteiger partial charge on any atom is -0.461 e. The van der Waals surface area contributed by atoms with Gasteiger partial charge in [0, 0.05) is 37.7 Å². The standard InChI is InChI=1S/C24H20N4O6/c1-26-22-21(23(31)27(2)24(26)32)28(13-25-22)10-9-18(29)33-12-15-11-19(30)34-17-8-7-14-5-3-4-6-16(14)20(15)17/h3-8,11,13H,9-10,12H2,1-2H3. The molecule has 0 aliphatic rings. The monoisotopic (exact) mass is 460 g/mol. The van der Waals surface area contributed by atoms with Gasteiger partial charge in [-0.15, -0.1) is 0 Å². The SMILES string of the molecule is Cn1c(=O)c2c(ncn2CCC(=O)OCc2cc(=O)oc3ccc4ccccc4c23)n(C)c1=O. The number of hydrogen-bond acceptors (Lipinski definition) is 7. The number of carbonyl (C=O) groups excluding carboxylic acids is 1. The molecule has 3 heterocycles. The first-order valence-corrected chi connectivity index (χ1v) is 10.6. The minimum absolute atomic E-state index is 0.0302. The highest BCUT2D eigenvalue weighted by Gasteiger charge is 2.16. The van der Waals surface area contributed by atoms with Crippen LogP contribution in [0.15, 0.2) is 67.6 Å². The first kappa shape index (κ1) is 21.4. The Morgan fingerprint density at radius 1 is 1.06 bits per heavy atom. The van der Waals surface area contributed by atoms with Crippen LogP contribution in [0.5, 0.6) is 0 Å². The molecule has 10 heteroatoms. The van der Waals surface area contributed by atoms with Gasteiger partial charge in [0.05, 0.1) is 12.7 Å². The molecule has 3 aromatic heterocycles. The Bertz CT molecular complexity index is 1770. The maximum atomic E-state index is 12.5. The number of ether oxygens (including phenoxy) is 1. The van der Waals surface area contributed by atoms with E-state index in [4.69, 9.17) is 9.15 Å². The van der Waals surface area contributed by atoms with E-state index in [1.807, 2.05) is 30.3 Å². The molecule has 172 valence electrons.